The third kappa shape index (κ3) is 2.97. The van der Waals surface area contributed by atoms with E-state index in [1.54, 1.807) is 12.1 Å². The number of primary amides is 1. The second kappa shape index (κ2) is 5.46. The van der Waals surface area contributed by atoms with E-state index in [1.165, 1.54) is 6.07 Å². The van der Waals surface area contributed by atoms with Crippen molar-refractivity contribution in [3.8, 4) is 0 Å². The lowest BCUT2D eigenvalue weighted by Gasteiger charge is -2.37. The van der Waals surface area contributed by atoms with Crippen molar-refractivity contribution in [3.63, 3.8) is 0 Å². The highest BCUT2D eigenvalue weighted by Gasteiger charge is 2.32. The lowest BCUT2D eigenvalue weighted by atomic mass is 9.90. The van der Waals surface area contributed by atoms with E-state index in [0.29, 0.717) is 43.0 Å². The molecule has 1 saturated heterocycles. The molecule has 1 aliphatic rings. The summed E-state index contributed by atoms with van der Waals surface area (Å²) in [4.78, 5) is 11.1. The molecule has 0 bridgehead atoms. The largest absolute Gasteiger partial charge is 0.397 e. The molecule has 1 aromatic rings. The summed E-state index contributed by atoms with van der Waals surface area (Å²) in [5, 5.41) is 12.9. The summed E-state index contributed by atoms with van der Waals surface area (Å²) in [6.45, 7) is 1.22. The number of amides is 1. The van der Waals surface area contributed by atoms with Crippen LogP contribution in [0.1, 0.15) is 23.2 Å². The third-order valence-corrected chi connectivity index (χ3v) is 3.49. The molecule has 0 atom stereocenters. The zero-order chi connectivity index (χ0) is 13.9. The Bertz CT molecular complexity index is 470. The van der Waals surface area contributed by atoms with Crippen LogP contribution >= 0.6 is 0 Å². The van der Waals surface area contributed by atoms with Gasteiger partial charge in [0.1, 0.15) is 0 Å². The van der Waals surface area contributed by atoms with Crippen molar-refractivity contribution < 1.29 is 14.6 Å². The minimum Gasteiger partial charge on any atom is -0.397 e. The fourth-order valence-electron chi connectivity index (χ4n) is 2.20. The SMILES string of the molecule is NC(=O)c1ccc(NC2(CO)CCOCC2)c(N)c1. The second-order valence-corrected chi connectivity index (χ2v) is 4.84. The molecule has 1 fully saturated rings. The highest BCUT2D eigenvalue weighted by Crippen LogP contribution is 2.29. The number of rotatable bonds is 4. The van der Waals surface area contributed by atoms with Crippen LogP contribution in [0.5, 0.6) is 0 Å². The maximum atomic E-state index is 11.1. The van der Waals surface area contributed by atoms with Crippen LogP contribution in [0.4, 0.5) is 11.4 Å². The molecule has 0 aliphatic carbocycles. The Balaban J connectivity index is 2.20. The summed E-state index contributed by atoms with van der Waals surface area (Å²) < 4.78 is 5.30. The van der Waals surface area contributed by atoms with Gasteiger partial charge in [-0.2, -0.15) is 0 Å². The molecular weight excluding hydrogens is 246 g/mol. The van der Waals surface area contributed by atoms with E-state index in [0.717, 1.165) is 0 Å². The van der Waals surface area contributed by atoms with E-state index in [-0.39, 0.29) is 6.61 Å². The number of carbonyl (C=O) groups is 1. The zero-order valence-electron chi connectivity index (χ0n) is 10.7. The molecule has 2 rings (SSSR count). The van der Waals surface area contributed by atoms with Crippen molar-refractivity contribution in [2.45, 2.75) is 18.4 Å². The minimum absolute atomic E-state index is 0.00731. The van der Waals surface area contributed by atoms with Gasteiger partial charge in [-0.15, -0.1) is 0 Å². The van der Waals surface area contributed by atoms with Gasteiger partial charge in [0.05, 0.1) is 23.5 Å². The van der Waals surface area contributed by atoms with Crippen LogP contribution in [0.25, 0.3) is 0 Å². The molecule has 0 radical (unpaired) electrons. The van der Waals surface area contributed by atoms with Crippen LogP contribution in [0.2, 0.25) is 0 Å². The quantitative estimate of drug-likeness (QED) is 0.586. The van der Waals surface area contributed by atoms with Gasteiger partial charge in [-0.25, -0.2) is 0 Å². The molecule has 1 amide bonds. The lowest BCUT2D eigenvalue weighted by molar-refractivity contribution is 0.0380. The average molecular weight is 265 g/mol. The number of nitrogens with two attached hydrogens (primary N) is 2. The first-order valence-electron chi connectivity index (χ1n) is 6.22. The van der Waals surface area contributed by atoms with Gasteiger partial charge in [0.2, 0.25) is 5.91 Å². The van der Waals surface area contributed by atoms with Gasteiger partial charge in [-0.1, -0.05) is 0 Å². The number of nitrogens with one attached hydrogen (secondary N) is 1. The summed E-state index contributed by atoms with van der Waals surface area (Å²) in [6.07, 6.45) is 1.42. The molecular formula is C13H19N3O3. The number of anilines is 2. The number of hydrogen-bond acceptors (Lipinski definition) is 5. The smallest absolute Gasteiger partial charge is 0.248 e. The Morgan fingerprint density at radius 3 is 2.63 bits per heavy atom. The van der Waals surface area contributed by atoms with Crippen LogP contribution in [0.15, 0.2) is 18.2 Å². The highest BCUT2D eigenvalue weighted by molar-refractivity contribution is 5.94. The molecule has 6 heteroatoms. The summed E-state index contributed by atoms with van der Waals surface area (Å²) in [7, 11) is 0. The summed E-state index contributed by atoms with van der Waals surface area (Å²) in [6, 6.07) is 4.86. The van der Waals surface area contributed by atoms with Crippen molar-refractivity contribution in [1.82, 2.24) is 0 Å². The highest BCUT2D eigenvalue weighted by atomic mass is 16.5. The monoisotopic (exact) mass is 265 g/mol. The van der Waals surface area contributed by atoms with Gasteiger partial charge in [-0.05, 0) is 31.0 Å². The number of hydrogen-bond donors (Lipinski definition) is 4. The van der Waals surface area contributed by atoms with Crippen molar-refractivity contribution >= 4 is 17.3 Å². The molecule has 0 saturated carbocycles. The Hall–Kier alpha value is -1.79. The van der Waals surface area contributed by atoms with Gasteiger partial charge in [0.25, 0.3) is 0 Å². The van der Waals surface area contributed by atoms with Crippen LogP contribution in [0, 0.1) is 0 Å². The number of nitrogen functional groups attached to an aromatic ring is 1. The summed E-state index contributed by atoms with van der Waals surface area (Å²) in [5.41, 5.74) is 12.2. The van der Waals surface area contributed by atoms with Crippen LogP contribution < -0.4 is 16.8 Å². The number of carbonyl (C=O) groups excluding carboxylic acids is 1. The number of aliphatic hydroxyl groups is 1. The fraction of sp³-hybridized carbons (Fsp3) is 0.462. The molecule has 0 aromatic heterocycles. The average Bonchev–Trinajstić information content (AvgIpc) is 2.42. The predicted molar refractivity (Wildman–Crippen MR) is 72.9 cm³/mol. The van der Waals surface area contributed by atoms with Crippen molar-refractivity contribution in [1.29, 1.82) is 0 Å². The standard InChI is InChI=1S/C13H19N3O3/c14-10-7-9(12(15)18)1-2-11(10)16-13(8-17)3-5-19-6-4-13/h1-2,7,16-17H,3-6,8,14H2,(H2,15,18). The van der Waals surface area contributed by atoms with Gasteiger partial charge in [-0.3, -0.25) is 4.79 Å². The second-order valence-electron chi connectivity index (χ2n) is 4.84. The molecule has 104 valence electrons. The van der Waals surface area contributed by atoms with Gasteiger partial charge in [0.15, 0.2) is 0 Å². The van der Waals surface area contributed by atoms with Crippen LogP contribution in [-0.4, -0.2) is 36.4 Å². The van der Waals surface area contributed by atoms with E-state index in [4.69, 9.17) is 16.2 Å². The molecule has 19 heavy (non-hydrogen) atoms. The van der Waals surface area contributed by atoms with Gasteiger partial charge < -0.3 is 26.6 Å². The number of ether oxygens (including phenoxy) is 1. The lowest BCUT2D eigenvalue weighted by Crippen LogP contribution is -2.47. The summed E-state index contributed by atoms with van der Waals surface area (Å²) >= 11 is 0. The van der Waals surface area contributed by atoms with Crippen LogP contribution in [-0.2, 0) is 4.74 Å². The molecule has 1 aromatic carbocycles. The molecule has 0 spiro atoms. The van der Waals surface area contributed by atoms with Crippen molar-refractivity contribution in [2.24, 2.45) is 5.73 Å². The van der Waals surface area contributed by atoms with Gasteiger partial charge in [0, 0.05) is 18.8 Å². The zero-order valence-corrected chi connectivity index (χ0v) is 10.7. The van der Waals surface area contributed by atoms with E-state index in [1.807, 2.05) is 0 Å². The normalized spacial score (nSPS) is 17.9. The maximum Gasteiger partial charge on any atom is 0.248 e. The Kier molecular flexibility index (Phi) is 3.92. The van der Waals surface area contributed by atoms with E-state index in [9.17, 15) is 9.90 Å². The number of aliphatic hydroxyl groups excluding tert-OH is 1. The molecule has 0 unspecified atom stereocenters. The third-order valence-electron chi connectivity index (χ3n) is 3.49. The Labute approximate surface area is 111 Å². The molecule has 1 heterocycles. The Morgan fingerprint density at radius 2 is 2.11 bits per heavy atom. The predicted octanol–water partition coefficient (Wildman–Crippen LogP) is 0.321. The molecule has 6 N–H and O–H groups in total. The number of benzene rings is 1. The van der Waals surface area contributed by atoms with Crippen LogP contribution in [0.3, 0.4) is 0 Å². The molecule has 1 aliphatic heterocycles. The first kappa shape index (κ1) is 13.6. The van der Waals surface area contributed by atoms with Gasteiger partial charge >= 0.3 is 0 Å². The fourth-order valence-corrected chi connectivity index (χ4v) is 2.20. The van der Waals surface area contributed by atoms with Crippen molar-refractivity contribution in [3.05, 3.63) is 23.8 Å². The van der Waals surface area contributed by atoms with E-state index < -0.39 is 11.4 Å². The topological polar surface area (TPSA) is 111 Å². The first-order chi connectivity index (χ1) is 9.06. The maximum absolute atomic E-state index is 11.1. The summed E-state index contributed by atoms with van der Waals surface area (Å²) in [5.74, 6) is -0.513. The molecule has 6 nitrogen and oxygen atoms in total. The van der Waals surface area contributed by atoms with E-state index >= 15 is 0 Å². The first-order valence-corrected chi connectivity index (χ1v) is 6.22. The van der Waals surface area contributed by atoms with E-state index in [2.05, 4.69) is 5.32 Å². The Morgan fingerprint density at radius 1 is 1.42 bits per heavy atom. The van der Waals surface area contributed by atoms with Crippen molar-refractivity contribution in [2.75, 3.05) is 30.9 Å². The minimum atomic E-state index is -0.513.